The predicted octanol–water partition coefficient (Wildman–Crippen LogP) is 3.69. The van der Waals surface area contributed by atoms with Crippen LogP contribution in [0.2, 0.25) is 0 Å². The standard InChI is InChI=1S/C27H32N4O3/c32-26(14-21-15-29-25-9-5-4-8-24(21)25)30-16-23(34-19-20-10-12-28-13-11-20)17-31(27(33)18-30)22-6-2-1-3-7-22/h4-5,8-13,15,22-23,29H,1-3,6-7,14,16-19H2. The lowest BCUT2D eigenvalue weighted by molar-refractivity contribution is -0.139. The monoisotopic (exact) mass is 460 g/mol. The minimum absolute atomic E-state index is 0.0363. The van der Waals surface area contributed by atoms with Crippen molar-refractivity contribution >= 4 is 22.7 Å². The number of nitrogens with one attached hydrogen (secondary N) is 1. The molecule has 1 aliphatic heterocycles. The van der Waals surface area contributed by atoms with Gasteiger partial charge in [-0.15, -0.1) is 0 Å². The lowest BCUT2D eigenvalue weighted by atomic mass is 9.94. The number of hydrogen-bond acceptors (Lipinski definition) is 4. The summed E-state index contributed by atoms with van der Waals surface area (Å²) in [5.41, 5.74) is 3.00. The third-order valence-electron chi connectivity index (χ3n) is 7.09. The van der Waals surface area contributed by atoms with Gasteiger partial charge in [-0.2, -0.15) is 0 Å². The zero-order valence-corrected chi connectivity index (χ0v) is 19.5. The van der Waals surface area contributed by atoms with Gasteiger partial charge in [0.15, 0.2) is 0 Å². The molecular formula is C27H32N4O3. The number of aromatic nitrogens is 2. The topological polar surface area (TPSA) is 78.5 Å². The fourth-order valence-corrected chi connectivity index (χ4v) is 5.23. The molecule has 1 unspecified atom stereocenters. The number of ether oxygens (including phenoxy) is 1. The van der Waals surface area contributed by atoms with Crippen LogP contribution in [0.5, 0.6) is 0 Å². The van der Waals surface area contributed by atoms with Gasteiger partial charge in [-0.05, 0) is 42.2 Å². The molecule has 0 bridgehead atoms. The molecule has 2 fully saturated rings. The van der Waals surface area contributed by atoms with Gasteiger partial charge in [0, 0.05) is 48.6 Å². The van der Waals surface area contributed by atoms with Gasteiger partial charge in [-0.3, -0.25) is 14.6 Å². The van der Waals surface area contributed by atoms with Gasteiger partial charge in [0.25, 0.3) is 0 Å². The Hall–Kier alpha value is -3.19. The highest BCUT2D eigenvalue weighted by Gasteiger charge is 2.35. The number of hydrogen-bond donors (Lipinski definition) is 1. The van der Waals surface area contributed by atoms with Crippen molar-refractivity contribution in [3.05, 3.63) is 66.1 Å². The Morgan fingerprint density at radius 1 is 1.06 bits per heavy atom. The van der Waals surface area contributed by atoms with Crippen molar-refractivity contribution < 1.29 is 14.3 Å². The minimum Gasteiger partial charge on any atom is -0.370 e. The average molecular weight is 461 g/mol. The van der Waals surface area contributed by atoms with E-state index < -0.39 is 0 Å². The van der Waals surface area contributed by atoms with Gasteiger partial charge >= 0.3 is 0 Å². The fraction of sp³-hybridized carbons (Fsp3) is 0.444. The molecule has 1 aromatic carbocycles. The summed E-state index contributed by atoms with van der Waals surface area (Å²) in [6, 6.07) is 12.1. The van der Waals surface area contributed by atoms with E-state index in [1.807, 2.05) is 47.5 Å². The maximum absolute atomic E-state index is 13.4. The maximum atomic E-state index is 13.4. The molecule has 2 aliphatic rings. The Morgan fingerprint density at radius 2 is 1.85 bits per heavy atom. The highest BCUT2D eigenvalue weighted by Crippen LogP contribution is 2.25. The van der Waals surface area contributed by atoms with Crippen molar-refractivity contribution in [2.45, 2.75) is 57.3 Å². The fourth-order valence-electron chi connectivity index (χ4n) is 5.23. The number of nitrogens with zero attached hydrogens (tertiary/aromatic N) is 3. The molecule has 1 atom stereocenters. The Morgan fingerprint density at radius 3 is 2.68 bits per heavy atom. The van der Waals surface area contributed by atoms with Crippen LogP contribution in [0.1, 0.15) is 43.2 Å². The first kappa shape index (κ1) is 22.6. The molecule has 2 amide bonds. The molecule has 1 saturated carbocycles. The lowest BCUT2D eigenvalue weighted by Gasteiger charge is -2.34. The number of para-hydroxylation sites is 1. The molecule has 1 N–H and O–H groups in total. The van der Waals surface area contributed by atoms with E-state index in [0.29, 0.717) is 19.7 Å². The lowest BCUT2D eigenvalue weighted by Crippen LogP contribution is -2.46. The van der Waals surface area contributed by atoms with Crippen LogP contribution in [0.3, 0.4) is 0 Å². The number of fused-ring (bicyclic) bond motifs is 1. The molecule has 0 spiro atoms. The SMILES string of the molecule is O=C(Cc1c[nH]c2ccccc12)N1CC(=O)N(C2CCCCC2)CC(OCc2ccncc2)C1. The molecule has 7 heteroatoms. The third kappa shape index (κ3) is 5.14. The van der Waals surface area contributed by atoms with Crippen LogP contribution in [0.4, 0.5) is 0 Å². The second-order valence-electron chi connectivity index (χ2n) is 9.44. The van der Waals surface area contributed by atoms with E-state index in [1.165, 1.54) is 6.42 Å². The Kier molecular flexibility index (Phi) is 6.90. The van der Waals surface area contributed by atoms with Gasteiger partial charge < -0.3 is 19.5 Å². The predicted molar refractivity (Wildman–Crippen MR) is 130 cm³/mol. The number of rotatable bonds is 6. The Labute approximate surface area is 200 Å². The molecule has 2 aromatic heterocycles. The second kappa shape index (κ2) is 10.4. The first-order valence-electron chi connectivity index (χ1n) is 12.3. The van der Waals surface area contributed by atoms with Crippen LogP contribution in [-0.4, -0.2) is 63.4 Å². The number of amides is 2. The van der Waals surface area contributed by atoms with Gasteiger partial charge in [0.1, 0.15) is 0 Å². The Bertz CT molecular complexity index is 1120. The van der Waals surface area contributed by atoms with Crippen molar-refractivity contribution in [1.29, 1.82) is 0 Å². The van der Waals surface area contributed by atoms with Crippen LogP contribution in [-0.2, 0) is 27.4 Å². The summed E-state index contributed by atoms with van der Waals surface area (Å²) in [5, 5.41) is 1.05. The van der Waals surface area contributed by atoms with Gasteiger partial charge in [0.2, 0.25) is 11.8 Å². The Balaban J connectivity index is 1.33. The summed E-state index contributed by atoms with van der Waals surface area (Å²) in [6.07, 6.45) is 11.0. The summed E-state index contributed by atoms with van der Waals surface area (Å²) in [6.45, 7) is 1.50. The molecule has 1 aliphatic carbocycles. The number of benzene rings is 1. The molecule has 178 valence electrons. The number of carbonyl (C=O) groups excluding carboxylic acids is 2. The summed E-state index contributed by atoms with van der Waals surface area (Å²) in [5.74, 6) is -0.00436. The molecule has 34 heavy (non-hydrogen) atoms. The van der Waals surface area contributed by atoms with Crippen LogP contribution in [0.25, 0.3) is 10.9 Å². The van der Waals surface area contributed by atoms with E-state index >= 15 is 0 Å². The van der Waals surface area contributed by atoms with Crippen LogP contribution < -0.4 is 0 Å². The molecular weight excluding hydrogens is 428 g/mol. The van der Waals surface area contributed by atoms with Crippen molar-refractivity contribution in [3.8, 4) is 0 Å². The van der Waals surface area contributed by atoms with E-state index in [1.54, 1.807) is 17.3 Å². The van der Waals surface area contributed by atoms with Crippen LogP contribution in [0, 0.1) is 0 Å². The number of carbonyl (C=O) groups is 2. The van der Waals surface area contributed by atoms with E-state index in [4.69, 9.17) is 4.74 Å². The average Bonchev–Trinajstić information content (AvgIpc) is 3.20. The van der Waals surface area contributed by atoms with E-state index in [2.05, 4.69) is 9.97 Å². The zero-order chi connectivity index (χ0) is 23.3. The number of H-pyrrole nitrogens is 1. The van der Waals surface area contributed by atoms with Crippen molar-refractivity contribution in [2.24, 2.45) is 0 Å². The number of aromatic amines is 1. The highest BCUT2D eigenvalue weighted by atomic mass is 16.5. The smallest absolute Gasteiger partial charge is 0.242 e. The van der Waals surface area contributed by atoms with Crippen molar-refractivity contribution in [2.75, 3.05) is 19.6 Å². The van der Waals surface area contributed by atoms with Crippen molar-refractivity contribution in [3.63, 3.8) is 0 Å². The summed E-state index contributed by atoms with van der Waals surface area (Å²) in [7, 11) is 0. The first-order chi connectivity index (χ1) is 16.7. The molecule has 1 saturated heterocycles. The van der Waals surface area contributed by atoms with Crippen LogP contribution in [0.15, 0.2) is 55.0 Å². The molecule has 5 rings (SSSR count). The largest absolute Gasteiger partial charge is 0.370 e. The molecule has 0 radical (unpaired) electrons. The molecule has 7 nitrogen and oxygen atoms in total. The van der Waals surface area contributed by atoms with Gasteiger partial charge in [-0.1, -0.05) is 37.5 Å². The third-order valence-corrected chi connectivity index (χ3v) is 7.09. The normalized spacial score (nSPS) is 20.0. The second-order valence-corrected chi connectivity index (χ2v) is 9.44. The van der Waals surface area contributed by atoms with Gasteiger partial charge in [0.05, 0.1) is 25.7 Å². The zero-order valence-electron chi connectivity index (χ0n) is 19.5. The summed E-state index contributed by atoms with van der Waals surface area (Å²) < 4.78 is 6.28. The first-order valence-corrected chi connectivity index (χ1v) is 12.3. The van der Waals surface area contributed by atoms with Crippen LogP contribution >= 0.6 is 0 Å². The van der Waals surface area contributed by atoms with Crippen molar-refractivity contribution in [1.82, 2.24) is 19.8 Å². The minimum atomic E-state index is -0.228. The number of pyridine rings is 1. The van der Waals surface area contributed by atoms with E-state index in [9.17, 15) is 9.59 Å². The quantitative estimate of drug-likeness (QED) is 0.609. The van der Waals surface area contributed by atoms with Gasteiger partial charge in [-0.25, -0.2) is 0 Å². The van der Waals surface area contributed by atoms with E-state index in [0.717, 1.165) is 47.7 Å². The summed E-state index contributed by atoms with van der Waals surface area (Å²) in [4.78, 5) is 37.7. The summed E-state index contributed by atoms with van der Waals surface area (Å²) >= 11 is 0. The molecule has 3 heterocycles. The highest BCUT2D eigenvalue weighted by molar-refractivity contribution is 5.91. The van der Waals surface area contributed by atoms with E-state index in [-0.39, 0.29) is 36.9 Å². The maximum Gasteiger partial charge on any atom is 0.242 e. The molecule has 3 aromatic rings.